The number of hydrogen-bond donors (Lipinski definition) is 2. The van der Waals surface area contributed by atoms with E-state index in [1.165, 1.54) is 18.4 Å². The van der Waals surface area contributed by atoms with Crippen LogP contribution >= 0.6 is 38.9 Å². The Morgan fingerprint density at radius 1 is 1.29 bits per heavy atom. The molecule has 0 unspecified atom stereocenters. The molecule has 0 saturated heterocycles. The predicted octanol–water partition coefficient (Wildman–Crippen LogP) is 5.36. The Hall–Kier alpha value is -1.41. The lowest BCUT2D eigenvalue weighted by Gasteiger charge is -2.42. The Kier molecular flexibility index (Phi) is 5.66. The lowest BCUT2D eigenvalue weighted by atomic mass is 9.81. The number of carbonyl (C=O) groups is 2. The van der Waals surface area contributed by atoms with Crippen LogP contribution in [0.5, 0.6) is 0 Å². The van der Waals surface area contributed by atoms with Gasteiger partial charge in [-0.1, -0.05) is 27.5 Å². The summed E-state index contributed by atoms with van der Waals surface area (Å²) in [5.41, 5.74) is 1.12. The molecule has 3 rings (SSSR count). The highest BCUT2D eigenvalue weighted by Gasteiger charge is 2.42. The molecule has 2 N–H and O–H groups in total. The van der Waals surface area contributed by atoms with Gasteiger partial charge in [-0.25, -0.2) is 4.79 Å². The van der Waals surface area contributed by atoms with Gasteiger partial charge in [0.1, 0.15) is 5.00 Å². The standard InChI is InChI=1S/C20H22BrClN2O3S/c1-19(2)9-12-14(18(26)27-5)17(28-15(12)20(3,4)24-19)23-16(25)11-8-10(21)6-7-13(11)22/h6-8,24H,9H2,1-5H3,(H,23,25). The highest BCUT2D eigenvalue weighted by molar-refractivity contribution is 9.10. The van der Waals surface area contributed by atoms with Crippen molar-refractivity contribution in [3.05, 3.63) is 49.3 Å². The molecule has 1 amide bonds. The Morgan fingerprint density at radius 3 is 2.61 bits per heavy atom. The number of nitrogens with one attached hydrogen (secondary N) is 2. The van der Waals surface area contributed by atoms with Crippen molar-refractivity contribution in [3.63, 3.8) is 0 Å². The largest absolute Gasteiger partial charge is 0.465 e. The van der Waals surface area contributed by atoms with Crippen molar-refractivity contribution in [2.75, 3.05) is 12.4 Å². The van der Waals surface area contributed by atoms with E-state index in [0.29, 0.717) is 27.6 Å². The van der Waals surface area contributed by atoms with Crippen LogP contribution < -0.4 is 10.6 Å². The minimum atomic E-state index is -0.457. The first kappa shape index (κ1) is 21.3. The fourth-order valence-electron chi connectivity index (χ4n) is 3.78. The minimum absolute atomic E-state index is 0.199. The SMILES string of the molecule is COC(=O)c1c(NC(=O)c2cc(Br)ccc2Cl)sc2c1CC(C)(C)NC2(C)C. The van der Waals surface area contributed by atoms with Gasteiger partial charge < -0.3 is 15.4 Å². The van der Waals surface area contributed by atoms with Crippen molar-refractivity contribution >= 4 is 55.7 Å². The third-order valence-electron chi connectivity index (χ3n) is 4.63. The van der Waals surface area contributed by atoms with E-state index in [9.17, 15) is 9.59 Å². The number of anilines is 1. The molecule has 0 aliphatic carbocycles. The van der Waals surface area contributed by atoms with E-state index < -0.39 is 5.97 Å². The number of hydrogen-bond acceptors (Lipinski definition) is 5. The average Bonchev–Trinajstić information content (AvgIpc) is 2.93. The van der Waals surface area contributed by atoms with Gasteiger partial charge in [0.05, 0.1) is 23.3 Å². The number of fused-ring (bicyclic) bond motifs is 1. The van der Waals surface area contributed by atoms with Gasteiger partial charge in [-0.05, 0) is 57.9 Å². The maximum Gasteiger partial charge on any atom is 0.341 e. The van der Waals surface area contributed by atoms with Crippen molar-refractivity contribution in [1.29, 1.82) is 0 Å². The molecule has 0 spiro atoms. The van der Waals surface area contributed by atoms with Gasteiger partial charge in [-0.3, -0.25) is 4.79 Å². The van der Waals surface area contributed by atoms with Crippen LogP contribution in [-0.4, -0.2) is 24.5 Å². The van der Waals surface area contributed by atoms with Crippen LogP contribution in [0.2, 0.25) is 5.02 Å². The van der Waals surface area contributed by atoms with Crippen LogP contribution in [0.25, 0.3) is 0 Å². The van der Waals surface area contributed by atoms with Gasteiger partial charge in [0, 0.05) is 20.4 Å². The van der Waals surface area contributed by atoms with Crippen molar-refractivity contribution in [2.24, 2.45) is 0 Å². The molecule has 1 aromatic carbocycles. The first-order valence-electron chi connectivity index (χ1n) is 8.75. The summed E-state index contributed by atoms with van der Waals surface area (Å²) in [7, 11) is 1.35. The third-order valence-corrected chi connectivity index (χ3v) is 6.93. The number of rotatable bonds is 3. The van der Waals surface area contributed by atoms with E-state index in [-0.39, 0.29) is 17.0 Å². The maximum absolute atomic E-state index is 12.9. The quantitative estimate of drug-likeness (QED) is 0.574. The summed E-state index contributed by atoms with van der Waals surface area (Å²) in [5.74, 6) is -0.832. The van der Waals surface area contributed by atoms with Gasteiger partial charge >= 0.3 is 5.97 Å². The van der Waals surface area contributed by atoms with Gasteiger partial charge in [0.25, 0.3) is 5.91 Å². The smallest absolute Gasteiger partial charge is 0.341 e. The number of benzene rings is 1. The Balaban J connectivity index is 2.09. The van der Waals surface area contributed by atoms with Crippen LogP contribution in [0, 0.1) is 0 Å². The maximum atomic E-state index is 12.9. The van der Waals surface area contributed by atoms with Gasteiger partial charge in [-0.2, -0.15) is 0 Å². The molecule has 8 heteroatoms. The molecule has 28 heavy (non-hydrogen) atoms. The summed E-state index contributed by atoms with van der Waals surface area (Å²) < 4.78 is 5.77. The Bertz CT molecular complexity index is 969. The molecule has 5 nitrogen and oxygen atoms in total. The van der Waals surface area contributed by atoms with E-state index in [2.05, 4.69) is 54.3 Å². The van der Waals surface area contributed by atoms with Crippen LogP contribution in [-0.2, 0) is 16.7 Å². The number of halogens is 2. The molecule has 150 valence electrons. The fourth-order valence-corrected chi connectivity index (χ4v) is 5.60. The zero-order chi connectivity index (χ0) is 20.9. The first-order chi connectivity index (χ1) is 12.9. The number of amides is 1. The highest BCUT2D eigenvalue weighted by Crippen LogP contribution is 2.45. The van der Waals surface area contributed by atoms with E-state index in [1.54, 1.807) is 18.2 Å². The van der Waals surface area contributed by atoms with E-state index in [1.807, 2.05) is 0 Å². The molecule has 1 aliphatic heterocycles. The Labute approximate surface area is 181 Å². The van der Waals surface area contributed by atoms with E-state index in [4.69, 9.17) is 16.3 Å². The number of methoxy groups -OCH3 is 1. The number of esters is 1. The van der Waals surface area contributed by atoms with Crippen molar-refractivity contribution in [3.8, 4) is 0 Å². The monoisotopic (exact) mass is 484 g/mol. The molecule has 1 aromatic heterocycles. The summed E-state index contributed by atoms with van der Waals surface area (Å²) in [6.45, 7) is 8.33. The molecule has 0 saturated carbocycles. The average molecular weight is 486 g/mol. The van der Waals surface area contributed by atoms with Gasteiger partial charge in [0.15, 0.2) is 0 Å². The molecular weight excluding hydrogens is 464 g/mol. The van der Waals surface area contributed by atoms with Crippen molar-refractivity contribution in [1.82, 2.24) is 5.32 Å². The van der Waals surface area contributed by atoms with Crippen LogP contribution in [0.15, 0.2) is 22.7 Å². The Morgan fingerprint density at radius 2 is 1.96 bits per heavy atom. The summed E-state index contributed by atoms with van der Waals surface area (Å²) in [5, 5.41) is 7.30. The van der Waals surface area contributed by atoms with Crippen LogP contribution in [0.3, 0.4) is 0 Å². The minimum Gasteiger partial charge on any atom is -0.465 e. The normalized spacial score (nSPS) is 17.0. The summed E-state index contributed by atoms with van der Waals surface area (Å²) in [6.07, 6.45) is 0.653. The first-order valence-corrected chi connectivity index (χ1v) is 10.7. The highest BCUT2D eigenvalue weighted by atomic mass is 79.9. The summed E-state index contributed by atoms with van der Waals surface area (Å²) >= 11 is 10.9. The lowest BCUT2D eigenvalue weighted by molar-refractivity contribution is 0.0600. The second-order valence-corrected chi connectivity index (χ2v) is 10.3. The molecular formula is C20H22BrClN2O3S. The third kappa shape index (κ3) is 3.99. The topological polar surface area (TPSA) is 67.4 Å². The predicted molar refractivity (Wildman–Crippen MR) is 117 cm³/mol. The van der Waals surface area contributed by atoms with Crippen molar-refractivity contribution in [2.45, 2.75) is 45.2 Å². The molecule has 0 atom stereocenters. The number of thiophene rings is 1. The molecule has 0 radical (unpaired) electrons. The molecule has 1 aliphatic rings. The number of ether oxygens (including phenoxy) is 1. The molecule has 2 heterocycles. The van der Waals surface area contributed by atoms with Gasteiger partial charge in [-0.15, -0.1) is 11.3 Å². The van der Waals surface area contributed by atoms with Crippen LogP contribution in [0.4, 0.5) is 5.00 Å². The van der Waals surface area contributed by atoms with Crippen LogP contribution in [0.1, 0.15) is 58.9 Å². The zero-order valence-corrected chi connectivity index (χ0v) is 19.5. The van der Waals surface area contributed by atoms with Gasteiger partial charge in [0.2, 0.25) is 0 Å². The summed E-state index contributed by atoms with van der Waals surface area (Å²) in [6, 6.07) is 5.06. The second-order valence-electron chi connectivity index (χ2n) is 7.99. The lowest BCUT2D eigenvalue weighted by Crippen LogP contribution is -2.55. The van der Waals surface area contributed by atoms with E-state index >= 15 is 0 Å². The van der Waals surface area contributed by atoms with E-state index in [0.717, 1.165) is 14.9 Å². The number of carbonyl (C=O) groups excluding carboxylic acids is 2. The molecule has 2 aromatic rings. The second kappa shape index (κ2) is 7.44. The molecule has 0 bridgehead atoms. The summed E-state index contributed by atoms with van der Waals surface area (Å²) in [4.78, 5) is 26.5. The van der Waals surface area contributed by atoms with Crippen molar-refractivity contribution < 1.29 is 14.3 Å². The fraction of sp³-hybridized carbons (Fsp3) is 0.400. The molecule has 0 fully saturated rings. The zero-order valence-electron chi connectivity index (χ0n) is 16.3.